The Morgan fingerprint density at radius 1 is 1.33 bits per heavy atom. The van der Waals surface area contributed by atoms with Gasteiger partial charge in [0.25, 0.3) is 0 Å². The van der Waals surface area contributed by atoms with Crippen LogP contribution in [0.5, 0.6) is 5.75 Å². The van der Waals surface area contributed by atoms with Crippen LogP contribution in [0, 0.1) is 13.8 Å². The molecule has 1 atom stereocenters. The fraction of sp³-hybridized carbons (Fsp3) is 0.538. The Kier molecular flexibility index (Phi) is 4.63. The number of hydrogen-bond donors (Lipinski definition) is 1. The lowest BCUT2D eigenvalue weighted by atomic mass is 10.1. The van der Waals surface area contributed by atoms with Gasteiger partial charge in [0.15, 0.2) is 0 Å². The van der Waals surface area contributed by atoms with E-state index in [2.05, 4.69) is 44.3 Å². The lowest BCUT2D eigenvalue weighted by Crippen LogP contribution is -2.30. The van der Waals surface area contributed by atoms with E-state index >= 15 is 0 Å². The lowest BCUT2D eigenvalue weighted by molar-refractivity contribution is 0.265. The molecule has 0 bridgehead atoms. The molecule has 0 spiro atoms. The Labute approximate surface area is 92.6 Å². The quantitative estimate of drug-likeness (QED) is 0.801. The van der Waals surface area contributed by atoms with Crippen molar-refractivity contribution in [2.75, 3.05) is 13.7 Å². The van der Waals surface area contributed by atoms with E-state index in [0.717, 1.165) is 18.8 Å². The SMILES string of the molecule is CCC(COc1cc(C)ccc1C)NC. The van der Waals surface area contributed by atoms with Crippen molar-refractivity contribution in [2.45, 2.75) is 33.2 Å². The minimum atomic E-state index is 0.435. The molecule has 15 heavy (non-hydrogen) atoms. The molecule has 0 heterocycles. The molecular weight excluding hydrogens is 186 g/mol. The van der Waals surface area contributed by atoms with E-state index in [1.54, 1.807) is 0 Å². The van der Waals surface area contributed by atoms with Gasteiger partial charge in [-0.05, 0) is 44.5 Å². The molecule has 0 aromatic heterocycles. The van der Waals surface area contributed by atoms with Crippen molar-refractivity contribution >= 4 is 0 Å². The first-order chi connectivity index (χ1) is 7.17. The van der Waals surface area contributed by atoms with Gasteiger partial charge in [0.05, 0.1) is 0 Å². The molecular formula is C13H21NO. The second-order valence-corrected chi connectivity index (χ2v) is 3.97. The molecule has 0 saturated carbocycles. The summed E-state index contributed by atoms with van der Waals surface area (Å²) in [5.41, 5.74) is 2.44. The highest BCUT2D eigenvalue weighted by Crippen LogP contribution is 2.19. The molecule has 0 aliphatic rings. The predicted octanol–water partition coefficient (Wildman–Crippen LogP) is 2.68. The molecule has 0 radical (unpaired) electrons. The molecule has 0 saturated heterocycles. The zero-order valence-corrected chi connectivity index (χ0v) is 10.1. The summed E-state index contributed by atoms with van der Waals surface area (Å²) in [6.45, 7) is 7.06. The third kappa shape index (κ3) is 3.56. The highest BCUT2D eigenvalue weighted by Gasteiger charge is 2.05. The standard InChI is InChI=1S/C13H21NO/c1-5-12(14-4)9-15-13-8-10(2)6-7-11(13)3/h6-8,12,14H,5,9H2,1-4H3. The van der Waals surface area contributed by atoms with Gasteiger partial charge in [-0.15, -0.1) is 0 Å². The van der Waals surface area contributed by atoms with Gasteiger partial charge in [0, 0.05) is 6.04 Å². The van der Waals surface area contributed by atoms with Gasteiger partial charge in [-0.3, -0.25) is 0 Å². The van der Waals surface area contributed by atoms with Crippen molar-refractivity contribution in [3.05, 3.63) is 29.3 Å². The average Bonchev–Trinajstić information content (AvgIpc) is 2.24. The summed E-state index contributed by atoms with van der Waals surface area (Å²) in [7, 11) is 1.97. The average molecular weight is 207 g/mol. The molecule has 2 heteroatoms. The smallest absolute Gasteiger partial charge is 0.122 e. The normalized spacial score (nSPS) is 12.5. The van der Waals surface area contributed by atoms with Crippen LogP contribution >= 0.6 is 0 Å². The summed E-state index contributed by atoms with van der Waals surface area (Å²) in [4.78, 5) is 0. The zero-order chi connectivity index (χ0) is 11.3. The number of likely N-dealkylation sites (N-methyl/N-ethyl adjacent to an activating group) is 1. The fourth-order valence-corrected chi connectivity index (χ4v) is 1.46. The molecule has 1 aromatic carbocycles. The van der Waals surface area contributed by atoms with E-state index in [1.165, 1.54) is 11.1 Å². The molecule has 1 rings (SSSR count). The summed E-state index contributed by atoms with van der Waals surface area (Å²) in [6.07, 6.45) is 1.08. The molecule has 1 aromatic rings. The Hall–Kier alpha value is -1.02. The van der Waals surface area contributed by atoms with Gasteiger partial charge in [0.1, 0.15) is 12.4 Å². The maximum absolute atomic E-state index is 5.80. The minimum Gasteiger partial charge on any atom is -0.492 e. The van der Waals surface area contributed by atoms with Crippen LogP contribution in [-0.2, 0) is 0 Å². The van der Waals surface area contributed by atoms with Crippen molar-refractivity contribution in [2.24, 2.45) is 0 Å². The molecule has 1 N–H and O–H groups in total. The Balaban J connectivity index is 2.60. The Bertz CT molecular complexity index is 305. The summed E-state index contributed by atoms with van der Waals surface area (Å²) < 4.78 is 5.80. The monoisotopic (exact) mass is 207 g/mol. The van der Waals surface area contributed by atoms with Crippen LogP contribution in [0.1, 0.15) is 24.5 Å². The maximum Gasteiger partial charge on any atom is 0.122 e. The molecule has 84 valence electrons. The predicted molar refractivity (Wildman–Crippen MR) is 64.5 cm³/mol. The zero-order valence-electron chi connectivity index (χ0n) is 10.1. The molecule has 0 aliphatic heterocycles. The lowest BCUT2D eigenvalue weighted by Gasteiger charge is -2.16. The van der Waals surface area contributed by atoms with Crippen molar-refractivity contribution in [1.29, 1.82) is 0 Å². The summed E-state index contributed by atoms with van der Waals surface area (Å²) in [5.74, 6) is 1.00. The maximum atomic E-state index is 5.80. The van der Waals surface area contributed by atoms with E-state index in [0.29, 0.717) is 6.04 Å². The molecule has 2 nitrogen and oxygen atoms in total. The van der Waals surface area contributed by atoms with Crippen molar-refractivity contribution < 1.29 is 4.74 Å². The topological polar surface area (TPSA) is 21.3 Å². The van der Waals surface area contributed by atoms with E-state index in [9.17, 15) is 0 Å². The van der Waals surface area contributed by atoms with Gasteiger partial charge in [-0.2, -0.15) is 0 Å². The summed E-state index contributed by atoms with van der Waals surface area (Å²) in [6, 6.07) is 6.74. The van der Waals surface area contributed by atoms with E-state index < -0.39 is 0 Å². The van der Waals surface area contributed by atoms with Gasteiger partial charge < -0.3 is 10.1 Å². The van der Waals surface area contributed by atoms with Crippen molar-refractivity contribution in [1.82, 2.24) is 5.32 Å². The molecule has 0 aliphatic carbocycles. The first-order valence-corrected chi connectivity index (χ1v) is 5.54. The third-order valence-electron chi connectivity index (χ3n) is 2.68. The van der Waals surface area contributed by atoms with Gasteiger partial charge in [0.2, 0.25) is 0 Å². The third-order valence-corrected chi connectivity index (χ3v) is 2.68. The molecule has 0 amide bonds. The van der Waals surface area contributed by atoms with Crippen LogP contribution in [0.15, 0.2) is 18.2 Å². The number of nitrogens with one attached hydrogen (secondary N) is 1. The largest absolute Gasteiger partial charge is 0.492 e. The van der Waals surface area contributed by atoms with Gasteiger partial charge >= 0.3 is 0 Å². The van der Waals surface area contributed by atoms with Crippen LogP contribution in [0.3, 0.4) is 0 Å². The first-order valence-electron chi connectivity index (χ1n) is 5.54. The Morgan fingerprint density at radius 3 is 2.67 bits per heavy atom. The number of benzene rings is 1. The van der Waals surface area contributed by atoms with Crippen LogP contribution in [0.2, 0.25) is 0 Å². The highest BCUT2D eigenvalue weighted by atomic mass is 16.5. The van der Waals surface area contributed by atoms with Gasteiger partial charge in [-0.25, -0.2) is 0 Å². The Morgan fingerprint density at radius 2 is 2.07 bits per heavy atom. The van der Waals surface area contributed by atoms with Crippen LogP contribution in [-0.4, -0.2) is 19.7 Å². The first kappa shape index (κ1) is 12.1. The summed E-state index contributed by atoms with van der Waals surface area (Å²) >= 11 is 0. The fourth-order valence-electron chi connectivity index (χ4n) is 1.46. The van der Waals surface area contributed by atoms with Crippen LogP contribution in [0.4, 0.5) is 0 Å². The number of ether oxygens (including phenoxy) is 1. The second-order valence-electron chi connectivity index (χ2n) is 3.97. The molecule has 0 fully saturated rings. The van der Waals surface area contributed by atoms with Crippen LogP contribution in [0.25, 0.3) is 0 Å². The highest BCUT2D eigenvalue weighted by molar-refractivity contribution is 5.35. The number of hydrogen-bond acceptors (Lipinski definition) is 2. The van der Waals surface area contributed by atoms with E-state index in [1.807, 2.05) is 7.05 Å². The summed E-state index contributed by atoms with van der Waals surface area (Å²) in [5, 5.41) is 3.23. The second kappa shape index (κ2) is 5.76. The van der Waals surface area contributed by atoms with Crippen molar-refractivity contribution in [3.8, 4) is 5.75 Å². The van der Waals surface area contributed by atoms with E-state index in [-0.39, 0.29) is 0 Å². The number of rotatable bonds is 5. The minimum absolute atomic E-state index is 0.435. The van der Waals surface area contributed by atoms with Crippen LogP contribution < -0.4 is 10.1 Å². The molecule has 1 unspecified atom stereocenters. The van der Waals surface area contributed by atoms with Gasteiger partial charge in [-0.1, -0.05) is 19.1 Å². The number of aryl methyl sites for hydroxylation is 2. The van der Waals surface area contributed by atoms with Crippen molar-refractivity contribution in [3.63, 3.8) is 0 Å². The van der Waals surface area contributed by atoms with E-state index in [4.69, 9.17) is 4.74 Å².